The lowest BCUT2D eigenvalue weighted by Crippen LogP contribution is -2.16. The van der Waals surface area contributed by atoms with Crippen molar-refractivity contribution in [3.8, 4) is 11.3 Å². The van der Waals surface area contributed by atoms with E-state index in [2.05, 4.69) is 32.5 Å². The predicted octanol–water partition coefficient (Wildman–Crippen LogP) is 4.64. The van der Waals surface area contributed by atoms with Gasteiger partial charge in [0.15, 0.2) is 0 Å². The van der Waals surface area contributed by atoms with Crippen molar-refractivity contribution < 1.29 is 8.78 Å². The van der Waals surface area contributed by atoms with E-state index in [0.717, 1.165) is 23.7 Å². The summed E-state index contributed by atoms with van der Waals surface area (Å²) in [5, 5.41) is 6.38. The fourth-order valence-electron chi connectivity index (χ4n) is 2.50. The molecule has 5 nitrogen and oxygen atoms in total. The standard InChI is InChI=1S/C20H21F2N5/c1-3-13(2)25-20-26-18(15-4-6-23-7-5-15)11-19(27-20)24-12-14-8-16(21)10-17(22)9-14/h4-11,13H,3,12H2,1-2H3,(H2,24,25,26,27)/t13-/m1/s1. The number of hydrogen-bond donors (Lipinski definition) is 2. The van der Waals surface area contributed by atoms with Crippen LogP contribution in [0.2, 0.25) is 0 Å². The molecule has 7 heteroatoms. The van der Waals surface area contributed by atoms with E-state index in [9.17, 15) is 8.78 Å². The highest BCUT2D eigenvalue weighted by Gasteiger charge is 2.09. The minimum Gasteiger partial charge on any atom is -0.366 e. The average molecular weight is 369 g/mol. The Morgan fingerprint density at radius 2 is 1.70 bits per heavy atom. The molecule has 0 saturated carbocycles. The molecule has 140 valence electrons. The van der Waals surface area contributed by atoms with Crippen LogP contribution in [0.5, 0.6) is 0 Å². The number of aromatic nitrogens is 3. The minimum atomic E-state index is -0.605. The van der Waals surface area contributed by atoms with E-state index in [1.807, 2.05) is 19.1 Å². The lowest BCUT2D eigenvalue weighted by molar-refractivity contribution is 0.580. The predicted molar refractivity (Wildman–Crippen MR) is 102 cm³/mol. The van der Waals surface area contributed by atoms with Crippen LogP contribution in [0.4, 0.5) is 20.5 Å². The normalized spacial score (nSPS) is 11.9. The number of anilines is 2. The third-order valence-corrected chi connectivity index (χ3v) is 4.09. The number of benzene rings is 1. The van der Waals surface area contributed by atoms with E-state index in [1.165, 1.54) is 12.1 Å². The van der Waals surface area contributed by atoms with Crippen molar-refractivity contribution in [2.45, 2.75) is 32.9 Å². The van der Waals surface area contributed by atoms with Crippen molar-refractivity contribution in [1.82, 2.24) is 15.0 Å². The van der Waals surface area contributed by atoms with Crippen LogP contribution in [0.3, 0.4) is 0 Å². The average Bonchev–Trinajstić information content (AvgIpc) is 2.66. The van der Waals surface area contributed by atoms with Gasteiger partial charge in [-0.25, -0.2) is 13.8 Å². The molecule has 0 unspecified atom stereocenters. The van der Waals surface area contributed by atoms with Crippen LogP contribution in [0.1, 0.15) is 25.8 Å². The first kappa shape index (κ1) is 18.7. The topological polar surface area (TPSA) is 62.7 Å². The summed E-state index contributed by atoms with van der Waals surface area (Å²) in [7, 11) is 0. The molecule has 1 atom stereocenters. The van der Waals surface area contributed by atoms with Gasteiger partial charge < -0.3 is 10.6 Å². The molecule has 0 aliphatic heterocycles. The van der Waals surface area contributed by atoms with Crippen molar-refractivity contribution >= 4 is 11.8 Å². The number of rotatable bonds is 7. The summed E-state index contributed by atoms with van der Waals surface area (Å²) in [6.07, 6.45) is 4.32. The summed E-state index contributed by atoms with van der Waals surface area (Å²) in [4.78, 5) is 13.1. The number of hydrogen-bond acceptors (Lipinski definition) is 5. The lowest BCUT2D eigenvalue weighted by atomic mass is 10.2. The molecular weight excluding hydrogens is 348 g/mol. The SMILES string of the molecule is CC[C@@H](C)Nc1nc(NCc2cc(F)cc(F)c2)cc(-c2ccncc2)n1. The molecule has 2 N–H and O–H groups in total. The molecule has 3 aromatic rings. The molecule has 0 aliphatic carbocycles. The van der Waals surface area contributed by atoms with E-state index in [-0.39, 0.29) is 12.6 Å². The molecular formula is C20H21F2N5. The summed E-state index contributed by atoms with van der Waals surface area (Å²) in [6, 6.07) is 9.17. The zero-order valence-corrected chi connectivity index (χ0v) is 15.2. The molecule has 3 rings (SSSR count). The monoisotopic (exact) mass is 369 g/mol. The summed E-state index contributed by atoms with van der Waals surface area (Å²) in [5.41, 5.74) is 2.12. The van der Waals surface area contributed by atoms with Crippen LogP contribution in [-0.2, 0) is 6.54 Å². The van der Waals surface area contributed by atoms with Crippen LogP contribution in [0.15, 0.2) is 48.8 Å². The first-order valence-electron chi connectivity index (χ1n) is 8.78. The van der Waals surface area contributed by atoms with Gasteiger partial charge in [0.25, 0.3) is 0 Å². The summed E-state index contributed by atoms with van der Waals surface area (Å²) in [5.74, 6) is -0.156. The fraction of sp³-hybridized carbons (Fsp3) is 0.250. The second-order valence-electron chi connectivity index (χ2n) is 6.28. The molecule has 0 amide bonds. The molecule has 27 heavy (non-hydrogen) atoms. The quantitative estimate of drug-likeness (QED) is 0.635. The molecule has 0 aliphatic rings. The Balaban J connectivity index is 1.87. The maximum absolute atomic E-state index is 13.4. The third-order valence-electron chi connectivity index (χ3n) is 4.09. The van der Waals surface area contributed by atoms with Gasteiger partial charge in [-0.1, -0.05) is 6.92 Å². The van der Waals surface area contributed by atoms with Crippen molar-refractivity contribution in [2.75, 3.05) is 10.6 Å². The van der Waals surface area contributed by atoms with Gasteiger partial charge >= 0.3 is 0 Å². The number of halogens is 2. The second-order valence-corrected chi connectivity index (χ2v) is 6.28. The zero-order valence-electron chi connectivity index (χ0n) is 15.2. The molecule has 0 radical (unpaired) electrons. The van der Waals surface area contributed by atoms with Crippen LogP contribution in [-0.4, -0.2) is 21.0 Å². The highest BCUT2D eigenvalue weighted by molar-refractivity contribution is 5.64. The van der Waals surface area contributed by atoms with Crippen molar-refractivity contribution in [2.24, 2.45) is 0 Å². The van der Waals surface area contributed by atoms with Gasteiger partial charge in [-0.3, -0.25) is 4.98 Å². The molecule has 2 heterocycles. The van der Waals surface area contributed by atoms with Crippen LogP contribution < -0.4 is 10.6 Å². The van der Waals surface area contributed by atoms with Gasteiger partial charge in [0.1, 0.15) is 17.5 Å². The van der Waals surface area contributed by atoms with E-state index in [4.69, 9.17) is 0 Å². The first-order valence-corrected chi connectivity index (χ1v) is 8.78. The Morgan fingerprint density at radius 3 is 2.37 bits per heavy atom. The van der Waals surface area contributed by atoms with Gasteiger partial charge in [-0.05, 0) is 43.2 Å². The molecule has 0 saturated heterocycles. The Kier molecular flexibility index (Phi) is 5.90. The number of nitrogens with zero attached hydrogens (tertiary/aromatic N) is 3. The molecule has 0 bridgehead atoms. The van der Waals surface area contributed by atoms with Crippen LogP contribution in [0.25, 0.3) is 11.3 Å². The van der Waals surface area contributed by atoms with Crippen LogP contribution in [0, 0.1) is 11.6 Å². The van der Waals surface area contributed by atoms with E-state index in [0.29, 0.717) is 17.3 Å². The van der Waals surface area contributed by atoms with Gasteiger partial charge in [0.2, 0.25) is 5.95 Å². The van der Waals surface area contributed by atoms with Gasteiger partial charge in [-0.15, -0.1) is 0 Å². The van der Waals surface area contributed by atoms with E-state index in [1.54, 1.807) is 18.5 Å². The largest absolute Gasteiger partial charge is 0.366 e. The highest BCUT2D eigenvalue weighted by Crippen LogP contribution is 2.22. The molecule has 2 aromatic heterocycles. The Bertz CT molecular complexity index is 882. The van der Waals surface area contributed by atoms with Crippen LogP contribution >= 0.6 is 0 Å². The Morgan fingerprint density at radius 1 is 1.00 bits per heavy atom. The zero-order chi connectivity index (χ0) is 19.2. The highest BCUT2D eigenvalue weighted by atomic mass is 19.1. The minimum absolute atomic E-state index is 0.211. The lowest BCUT2D eigenvalue weighted by Gasteiger charge is -2.14. The van der Waals surface area contributed by atoms with Gasteiger partial charge in [0, 0.05) is 42.7 Å². The summed E-state index contributed by atoms with van der Waals surface area (Å²) < 4.78 is 26.8. The molecule has 0 spiro atoms. The fourth-order valence-corrected chi connectivity index (χ4v) is 2.50. The van der Waals surface area contributed by atoms with Gasteiger partial charge in [0.05, 0.1) is 5.69 Å². The third kappa shape index (κ3) is 5.20. The Labute approximate surface area is 156 Å². The summed E-state index contributed by atoms with van der Waals surface area (Å²) in [6.45, 7) is 4.36. The maximum Gasteiger partial charge on any atom is 0.225 e. The van der Waals surface area contributed by atoms with E-state index >= 15 is 0 Å². The number of nitrogens with one attached hydrogen (secondary N) is 2. The van der Waals surface area contributed by atoms with E-state index < -0.39 is 11.6 Å². The first-order chi connectivity index (χ1) is 13.0. The van der Waals surface area contributed by atoms with Crippen molar-refractivity contribution in [3.63, 3.8) is 0 Å². The smallest absolute Gasteiger partial charge is 0.225 e. The maximum atomic E-state index is 13.4. The van der Waals surface area contributed by atoms with Crippen molar-refractivity contribution in [3.05, 3.63) is 66.0 Å². The Hall–Kier alpha value is -3.09. The second kappa shape index (κ2) is 8.53. The number of pyridine rings is 1. The molecule has 1 aromatic carbocycles. The summed E-state index contributed by atoms with van der Waals surface area (Å²) >= 11 is 0. The molecule has 0 fully saturated rings. The van der Waals surface area contributed by atoms with Gasteiger partial charge in [-0.2, -0.15) is 4.98 Å². The van der Waals surface area contributed by atoms with Crippen molar-refractivity contribution in [1.29, 1.82) is 0 Å².